The summed E-state index contributed by atoms with van der Waals surface area (Å²) in [5.74, 6) is 0.538. The molecule has 0 aliphatic carbocycles. The highest BCUT2D eigenvalue weighted by Gasteiger charge is 2.38. The SMILES string of the molecule is Cc1ccc(OCCC(=O)N2CCc3c(cnn3C)C2C(=O)N(C)C)cc1. The van der Waals surface area contributed by atoms with Gasteiger partial charge in [-0.1, -0.05) is 17.7 Å². The summed E-state index contributed by atoms with van der Waals surface area (Å²) in [5, 5.41) is 4.28. The summed E-state index contributed by atoms with van der Waals surface area (Å²) >= 11 is 0. The lowest BCUT2D eigenvalue weighted by Gasteiger charge is -2.36. The number of aromatic nitrogens is 2. The lowest BCUT2D eigenvalue weighted by Crippen LogP contribution is -2.47. The monoisotopic (exact) mass is 370 g/mol. The van der Waals surface area contributed by atoms with E-state index in [2.05, 4.69) is 5.10 Å². The molecule has 0 saturated carbocycles. The molecule has 0 spiro atoms. The second-order valence-corrected chi connectivity index (χ2v) is 7.05. The fourth-order valence-corrected chi connectivity index (χ4v) is 3.35. The highest BCUT2D eigenvalue weighted by atomic mass is 16.5. The summed E-state index contributed by atoms with van der Waals surface area (Å²) in [7, 11) is 5.27. The van der Waals surface area contributed by atoms with Gasteiger partial charge in [-0.05, 0) is 19.1 Å². The Balaban J connectivity index is 1.70. The maximum Gasteiger partial charge on any atom is 0.249 e. The maximum absolute atomic E-state index is 12.8. The Morgan fingerprint density at radius 2 is 1.96 bits per heavy atom. The Morgan fingerprint density at radius 3 is 2.63 bits per heavy atom. The average Bonchev–Trinajstić information content (AvgIpc) is 3.03. The van der Waals surface area contributed by atoms with Crippen LogP contribution < -0.4 is 4.74 Å². The smallest absolute Gasteiger partial charge is 0.249 e. The minimum Gasteiger partial charge on any atom is -0.493 e. The highest BCUT2D eigenvalue weighted by molar-refractivity contribution is 5.89. The van der Waals surface area contributed by atoms with E-state index in [1.54, 1.807) is 29.9 Å². The van der Waals surface area contributed by atoms with E-state index in [0.717, 1.165) is 22.6 Å². The molecule has 1 aromatic heterocycles. The van der Waals surface area contributed by atoms with Crippen molar-refractivity contribution in [2.45, 2.75) is 25.8 Å². The molecular weight excluding hydrogens is 344 g/mol. The fourth-order valence-electron chi connectivity index (χ4n) is 3.35. The molecule has 0 N–H and O–H groups in total. The van der Waals surface area contributed by atoms with Gasteiger partial charge >= 0.3 is 0 Å². The third-order valence-corrected chi connectivity index (χ3v) is 4.89. The predicted octanol–water partition coefficient (Wildman–Crippen LogP) is 1.71. The molecule has 1 aliphatic rings. The summed E-state index contributed by atoms with van der Waals surface area (Å²) < 4.78 is 7.47. The molecule has 0 fully saturated rings. The van der Waals surface area contributed by atoms with Gasteiger partial charge in [0.15, 0.2) is 0 Å². The van der Waals surface area contributed by atoms with Crippen LogP contribution >= 0.6 is 0 Å². The predicted molar refractivity (Wildman–Crippen MR) is 101 cm³/mol. The van der Waals surface area contributed by atoms with Gasteiger partial charge in [0.1, 0.15) is 11.8 Å². The number of benzene rings is 1. The van der Waals surface area contributed by atoms with E-state index in [1.165, 1.54) is 4.90 Å². The Labute approximate surface area is 159 Å². The van der Waals surface area contributed by atoms with Gasteiger partial charge in [0.05, 0.1) is 19.2 Å². The van der Waals surface area contributed by atoms with Crippen molar-refractivity contribution in [1.29, 1.82) is 0 Å². The zero-order chi connectivity index (χ0) is 19.6. The van der Waals surface area contributed by atoms with Gasteiger partial charge in [-0.15, -0.1) is 0 Å². The summed E-state index contributed by atoms with van der Waals surface area (Å²) in [4.78, 5) is 28.8. The van der Waals surface area contributed by atoms with Gasteiger partial charge in [0.2, 0.25) is 11.8 Å². The molecule has 1 aromatic carbocycles. The Bertz CT molecular complexity index is 826. The molecule has 1 unspecified atom stereocenters. The van der Waals surface area contributed by atoms with E-state index in [4.69, 9.17) is 4.74 Å². The number of carbonyl (C=O) groups is 2. The van der Waals surface area contributed by atoms with E-state index in [1.807, 2.05) is 38.2 Å². The van der Waals surface area contributed by atoms with E-state index in [-0.39, 0.29) is 24.8 Å². The van der Waals surface area contributed by atoms with Gasteiger partial charge in [-0.25, -0.2) is 0 Å². The van der Waals surface area contributed by atoms with Crippen molar-refractivity contribution in [3.8, 4) is 5.75 Å². The fraction of sp³-hybridized carbons (Fsp3) is 0.450. The van der Waals surface area contributed by atoms with Crippen LogP contribution in [0.25, 0.3) is 0 Å². The molecule has 7 nitrogen and oxygen atoms in total. The number of carbonyl (C=O) groups excluding carboxylic acids is 2. The summed E-state index contributed by atoms with van der Waals surface area (Å²) in [6.07, 6.45) is 2.61. The number of hydrogen-bond donors (Lipinski definition) is 0. The first kappa shape index (κ1) is 18.9. The normalized spacial score (nSPS) is 16.0. The topological polar surface area (TPSA) is 67.7 Å². The van der Waals surface area contributed by atoms with Gasteiger partial charge < -0.3 is 14.5 Å². The number of nitrogens with zero attached hydrogens (tertiary/aromatic N) is 4. The van der Waals surface area contributed by atoms with Crippen LogP contribution in [0.5, 0.6) is 5.75 Å². The summed E-state index contributed by atoms with van der Waals surface area (Å²) in [6.45, 7) is 2.79. The van der Waals surface area contributed by atoms with Crippen LogP contribution in [0.2, 0.25) is 0 Å². The van der Waals surface area contributed by atoms with Crippen molar-refractivity contribution in [1.82, 2.24) is 19.6 Å². The average molecular weight is 370 g/mol. The number of aryl methyl sites for hydroxylation is 2. The molecule has 0 saturated heterocycles. The zero-order valence-electron chi connectivity index (χ0n) is 16.3. The second-order valence-electron chi connectivity index (χ2n) is 7.05. The Morgan fingerprint density at radius 1 is 1.26 bits per heavy atom. The maximum atomic E-state index is 12.8. The van der Waals surface area contributed by atoms with E-state index in [0.29, 0.717) is 13.0 Å². The Kier molecular flexibility index (Phi) is 5.48. The third kappa shape index (κ3) is 3.97. The first-order valence-corrected chi connectivity index (χ1v) is 9.09. The lowest BCUT2D eigenvalue weighted by atomic mass is 9.97. The van der Waals surface area contributed by atoms with Crippen molar-refractivity contribution in [2.24, 2.45) is 7.05 Å². The summed E-state index contributed by atoms with van der Waals surface area (Å²) in [6, 6.07) is 7.10. The number of ether oxygens (including phenoxy) is 1. The van der Waals surface area contributed by atoms with Gasteiger partial charge in [-0.3, -0.25) is 14.3 Å². The molecule has 27 heavy (non-hydrogen) atoms. The number of likely N-dealkylation sites (N-methyl/N-ethyl adjacent to an activating group) is 1. The van der Waals surface area contributed by atoms with Crippen LogP contribution in [0.1, 0.15) is 29.3 Å². The molecule has 0 radical (unpaired) electrons. The zero-order valence-corrected chi connectivity index (χ0v) is 16.3. The van der Waals surface area contributed by atoms with Crippen molar-refractivity contribution in [3.05, 3.63) is 47.3 Å². The molecular formula is C20H26N4O3. The minimum absolute atomic E-state index is 0.0863. The van der Waals surface area contributed by atoms with Crippen LogP contribution in [0, 0.1) is 6.92 Å². The van der Waals surface area contributed by atoms with Crippen LogP contribution in [0.3, 0.4) is 0 Å². The number of rotatable bonds is 5. The highest BCUT2D eigenvalue weighted by Crippen LogP contribution is 2.31. The molecule has 7 heteroatoms. The molecule has 1 aliphatic heterocycles. The number of hydrogen-bond acceptors (Lipinski definition) is 4. The third-order valence-electron chi connectivity index (χ3n) is 4.89. The molecule has 3 rings (SSSR count). The molecule has 2 heterocycles. The van der Waals surface area contributed by atoms with E-state index >= 15 is 0 Å². The van der Waals surface area contributed by atoms with Crippen molar-refractivity contribution < 1.29 is 14.3 Å². The molecule has 1 atom stereocenters. The first-order valence-electron chi connectivity index (χ1n) is 9.09. The van der Waals surface area contributed by atoms with E-state index < -0.39 is 6.04 Å². The number of fused-ring (bicyclic) bond motifs is 1. The molecule has 0 bridgehead atoms. The van der Waals surface area contributed by atoms with Gasteiger partial charge in [0, 0.05) is 45.4 Å². The number of amides is 2. The van der Waals surface area contributed by atoms with Crippen LogP contribution in [-0.2, 0) is 23.1 Å². The van der Waals surface area contributed by atoms with Gasteiger partial charge in [-0.2, -0.15) is 5.10 Å². The van der Waals surface area contributed by atoms with Crippen LogP contribution in [-0.4, -0.2) is 58.6 Å². The standard InChI is InChI=1S/C20H26N4O3/c1-14-5-7-15(8-6-14)27-12-10-18(25)24-11-9-17-16(13-21-23(17)4)19(24)20(26)22(2)3/h5-8,13,19H,9-12H2,1-4H3. The van der Waals surface area contributed by atoms with Crippen molar-refractivity contribution in [3.63, 3.8) is 0 Å². The van der Waals surface area contributed by atoms with Gasteiger partial charge in [0.25, 0.3) is 0 Å². The first-order chi connectivity index (χ1) is 12.9. The summed E-state index contributed by atoms with van der Waals surface area (Å²) in [5.41, 5.74) is 2.98. The molecule has 2 amide bonds. The molecule has 144 valence electrons. The van der Waals surface area contributed by atoms with Crippen molar-refractivity contribution >= 4 is 11.8 Å². The van der Waals surface area contributed by atoms with Crippen LogP contribution in [0.4, 0.5) is 0 Å². The van der Waals surface area contributed by atoms with Crippen molar-refractivity contribution in [2.75, 3.05) is 27.2 Å². The minimum atomic E-state index is -0.621. The van der Waals surface area contributed by atoms with Crippen LogP contribution in [0.15, 0.2) is 30.5 Å². The lowest BCUT2D eigenvalue weighted by molar-refractivity contribution is -0.145. The Hall–Kier alpha value is -2.83. The largest absolute Gasteiger partial charge is 0.493 e. The second kappa shape index (κ2) is 7.82. The van der Waals surface area contributed by atoms with E-state index in [9.17, 15) is 9.59 Å². The molecule has 2 aromatic rings. The quantitative estimate of drug-likeness (QED) is 0.804.